The normalized spacial score (nSPS) is 17.6. The number of aromatic nitrogens is 2. The van der Waals surface area contributed by atoms with Crippen LogP contribution in [0.25, 0.3) is 0 Å². The summed E-state index contributed by atoms with van der Waals surface area (Å²) in [6, 6.07) is 9.81. The van der Waals surface area contributed by atoms with Gasteiger partial charge in [0.2, 0.25) is 0 Å². The SMILES string of the molecule is Cc1cc(C)nc(OC2CCCN(C(=O)c3ccccc3Br)C2)n1. The van der Waals surface area contributed by atoms with E-state index in [1.54, 1.807) is 0 Å². The van der Waals surface area contributed by atoms with Crippen molar-refractivity contribution in [2.24, 2.45) is 0 Å². The summed E-state index contributed by atoms with van der Waals surface area (Å²) in [4.78, 5) is 23.2. The van der Waals surface area contributed by atoms with Gasteiger partial charge in [0.05, 0.1) is 12.1 Å². The summed E-state index contributed by atoms with van der Waals surface area (Å²) in [5.41, 5.74) is 2.45. The molecule has 1 unspecified atom stereocenters. The summed E-state index contributed by atoms with van der Waals surface area (Å²) in [6.07, 6.45) is 1.73. The Labute approximate surface area is 150 Å². The lowest BCUT2D eigenvalue weighted by Gasteiger charge is -2.32. The fourth-order valence-corrected chi connectivity index (χ4v) is 3.37. The van der Waals surface area contributed by atoms with Crippen LogP contribution in [0.15, 0.2) is 34.8 Å². The molecule has 2 heterocycles. The molecule has 0 aliphatic carbocycles. The second-order valence-electron chi connectivity index (χ2n) is 6.05. The van der Waals surface area contributed by atoms with Gasteiger partial charge in [-0.05, 0) is 60.8 Å². The Morgan fingerprint density at radius 3 is 2.67 bits per heavy atom. The second kappa shape index (κ2) is 7.30. The summed E-state index contributed by atoms with van der Waals surface area (Å²) < 4.78 is 6.75. The van der Waals surface area contributed by atoms with Crippen LogP contribution in [0.2, 0.25) is 0 Å². The van der Waals surface area contributed by atoms with Crippen molar-refractivity contribution in [1.29, 1.82) is 0 Å². The topological polar surface area (TPSA) is 55.3 Å². The largest absolute Gasteiger partial charge is 0.458 e. The number of piperidine rings is 1. The molecule has 2 aromatic rings. The van der Waals surface area contributed by atoms with Crippen molar-refractivity contribution in [3.8, 4) is 6.01 Å². The first-order valence-corrected chi connectivity index (χ1v) is 8.85. The molecule has 0 bridgehead atoms. The van der Waals surface area contributed by atoms with Crippen molar-refractivity contribution >= 4 is 21.8 Å². The minimum absolute atomic E-state index is 0.0251. The molecular weight excluding hydrogens is 370 g/mol. The van der Waals surface area contributed by atoms with E-state index in [1.807, 2.05) is 49.1 Å². The highest BCUT2D eigenvalue weighted by molar-refractivity contribution is 9.10. The van der Waals surface area contributed by atoms with Gasteiger partial charge in [0.25, 0.3) is 5.91 Å². The Morgan fingerprint density at radius 1 is 1.25 bits per heavy atom. The van der Waals surface area contributed by atoms with Gasteiger partial charge in [-0.3, -0.25) is 4.79 Å². The monoisotopic (exact) mass is 389 g/mol. The number of rotatable bonds is 3. The molecule has 1 aliphatic heterocycles. The van der Waals surface area contributed by atoms with Crippen LogP contribution in [0.3, 0.4) is 0 Å². The number of nitrogens with zero attached hydrogens (tertiary/aromatic N) is 3. The first-order valence-electron chi connectivity index (χ1n) is 8.05. The van der Waals surface area contributed by atoms with Gasteiger partial charge >= 0.3 is 6.01 Å². The van der Waals surface area contributed by atoms with Crippen LogP contribution < -0.4 is 4.74 Å². The van der Waals surface area contributed by atoms with Gasteiger partial charge in [0.15, 0.2) is 0 Å². The summed E-state index contributed by atoms with van der Waals surface area (Å²) >= 11 is 3.45. The standard InChI is InChI=1S/C18H20BrN3O2/c1-12-10-13(2)21-18(20-12)24-14-6-5-9-22(11-14)17(23)15-7-3-4-8-16(15)19/h3-4,7-8,10,14H,5-6,9,11H2,1-2H3. The number of aryl methyl sites for hydroxylation is 2. The van der Waals surface area contributed by atoms with Crippen LogP contribution in [0, 0.1) is 13.8 Å². The van der Waals surface area contributed by atoms with E-state index in [9.17, 15) is 4.79 Å². The van der Waals surface area contributed by atoms with Gasteiger partial charge in [0, 0.05) is 22.4 Å². The smallest absolute Gasteiger partial charge is 0.317 e. The number of carbonyl (C=O) groups excluding carboxylic acids is 1. The van der Waals surface area contributed by atoms with Crippen molar-refractivity contribution < 1.29 is 9.53 Å². The van der Waals surface area contributed by atoms with E-state index in [0.717, 1.165) is 35.2 Å². The van der Waals surface area contributed by atoms with Crippen molar-refractivity contribution in [3.63, 3.8) is 0 Å². The zero-order valence-electron chi connectivity index (χ0n) is 13.8. The fraction of sp³-hybridized carbons (Fsp3) is 0.389. The number of benzene rings is 1. The number of likely N-dealkylation sites (tertiary alicyclic amines) is 1. The van der Waals surface area contributed by atoms with Crippen molar-refractivity contribution in [1.82, 2.24) is 14.9 Å². The van der Waals surface area contributed by atoms with E-state index in [-0.39, 0.29) is 12.0 Å². The molecule has 0 spiro atoms. The quantitative estimate of drug-likeness (QED) is 0.805. The summed E-state index contributed by atoms with van der Waals surface area (Å²) in [7, 11) is 0. The van der Waals surface area contributed by atoms with Crippen molar-refractivity contribution in [3.05, 3.63) is 51.8 Å². The minimum atomic E-state index is -0.0774. The maximum Gasteiger partial charge on any atom is 0.317 e. The molecule has 0 N–H and O–H groups in total. The van der Waals surface area contributed by atoms with Gasteiger partial charge < -0.3 is 9.64 Å². The van der Waals surface area contributed by atoms with Crippen LogP contribution in [0.1, 0.15) is 34.6 Å². The van der Waals surface area contributed by atoms with Crippen LogP contribution in [0.4, 0.5) is 0 Å². The molecule has 1 aromatic heterocycles. The Morgan fingerprint density at radius 2 is 1.96 bits per heavy atom. The Bertz CT molecular complexity index is 731. The van der Waals surface area contributed by atoms with Gasteiger partial charge in [-0.25, -0.2) is 9.97 Å². The second-order valence-corrected chi connectivity index (χ2v) is 6.90. The van der Waals surface area contributed by atoms with Crippen molar-refractivity contribution in [2.75, 3.05) is 13.1 Å². The number of amides is 1. The summed E-state index contributed by atoms with van der Waals surface area (Å²) in [5, 5.41) is 0. The Hall–Kier alpha value is -1.95. The van der Waals surface area contributed by atoms with Gasteiger partial charge in [-0.15, -0.1) is 0 Å². The van der Waals surface area contributed by atoms with Crippen LogP contribution in [-0.4, -0.2) is 40.0 Å². The highest BCUT2D eigenvalue weighted by atomic mass is 79.9. The van der Waals surface area contributed by atoms with Gasteiger partial charge in [-0.2, -0.15) is 0 Å². The lowest BCUT2D eigenvalue weighted by Crippen LogP contribution is -2.44. The lowest BCUT2D eigenvalue weighted by atomic mass is 10.1. The van der Waals surface area contributed by atoms with E-state index in [4.69, 9.17) is 4.74 Å². The molecule has 126 valence electrons. The third-order valence-corrected chi connectivity index (χ3v) is 4.69. The van der Waals surface area contributed by atoms with E-state index in [0.29, 0.717) is 18.1 Å². The maximum atomic E-state index is 12.7. The van der Waals surface area contributed by atoms with E-state index >= 15 is 0 Å². The molecule has 0 radical (unpaired) electrons. The molecule has 0 saturated carbocycles. The van der Waals surface area contributed by atoms with E-state index in [2.05, 4.69) is 25.9 Å². The van der Waals surface area contributed by atoms with Crippen molar-refractivity contribution in [2.45, 2.75) is 32.8 Å². The third kappa shape index (κ3) is 3.93. The van der Waals surface area contributed by atoms with E-state index in [1.165, 1.54) is 0 Å². The zero-order valence-corrected chi connectivity index (χ0v) is 15.4. The average molecular weight is 390 g/mol. The zero-order chi connectivity index (χ0) is 17.1. The summed E-state index contributed by atoms with van der Waals surface area (Å²) in [6.45, 7) is 5.14. The van der Waals surface area contributed by atoms with Crippen LogP contribution >= 0.6 is 15.9 Å². The number of hydrogen-bond acceptors (Lipinski definition) is 4. The average Bonchev–Trinajstić information content (AvgIpc) is 2.54. The number of hydrogen-bond donors (Lipinski definition) is 0. The molecular formula is C18H20BrN3O2. The molecule has 1 atom stereocenters. The predicted octanol–water partition coefficient (Wildman–Crippen LogP) is 3.54. The highest BCUT2D eigenvalue weighted by Crippen LogP contribution is 2.22. The maximum absolute atomic E-state index is 12.7. The number of carbonyl (C=O) groups is 1. The molecule has 1 fully saturated rings. The predicted molar refractivity (Wildman–Crippen MR) is 95.2 cm³/mol. The molecule has 1 aliphatic rings. The highest BCUT2D eigenvalue weighted by Gasteiger charge is 2.27. The number of ether oxygens (including phenoxy) is 1. The molecule has 1 saturated heterocycles. The molecule has 3 rings (SSSR count). The first kappa shape index (κ1) is 16.9. The van der Waals surface area contributed by atoms with Gasteiger partial charge in [-0.1, -0.05) is 12.1 Å². The molecule has 5 nitrogen and oxygen atoms in total. The fourth-order valence-electron chi connectivity index (χ4n) is 2.92. The molecule has 24 heavy (non-hydrogen) atoms. The van der Waals surface area contributed by atoms with E-state index < -0.39 is 0 Å². The van der Waals surface area contributed by atoms with Gasteiger partial charge in [0.1, 0.15) is 6.10 Å². The Kier molecular flexibility index (Phi) is 5.14. The third-order valence-electron chi connectivity index (χ3n) is 4.00. The molecule has 6 heteroatoms. The minimum Gasteiger partial charge on any atom is -0.458 e. The summed E-state index contributed by atoms with van der Waals surface area (Å²) in [5.74, 6) is 0.0251. The van der Waals surface area contributed by atoms with Crippen LogP contribution in [-0.2, 0) is 0 Å². The first-order chi connectivity index (χ1) is 11.5. The lowest BCUT2D eigenvalue weighted by molar-refractivity contribution is 0.0514. The Balaban J connectivity index is 1.70. The molecule has 1 aromatic carbocycles. The van der Waals surface area contributed by atoms with Crippen LogP contribution in [0.5, 0.6) is 6.01 Å². The molecule has 1 amide bonds. The number of halogens is 1.